The molecule has 0 radical (unpaired) electrons. The molecule has 1 aromatic rings. The van der Waals surface area contributed by atoms with Crippen LogP contribution in [0.15, 0.2) is 24.3 Å². The predicted octanol–water partition coefficient (Wildman–Crippen LogP) is 7.92. The topological polar surface area (TPSA) is 35.5 Å². The molecule has 0 saturated heterocycles. The van der Waals surface area contributed by atoms with Crippen LogP contribution in [0.2, 0.25) is 0 Å². The highest BCUT2D eigenvalue weighted by Gasteiger charge is 2.23. The minimum atomic E-state index is -3.00. The summed E-state index contributed by atoms with van der Waals surface area (Å²) >= 11 is 0. The molecule has 1 rings (SSSR count). The lowest BCUT2D eigenvalue weighted by Gasteiger charge is -2.17. The Balaban J connectivity index is 2.20. The van der Waals surface area contributed by atoms with Crippen LogP contribution >= 0.6 is 7.60 Å². The normalized spacial score (nSPS) is 11.8. The van der Waals surface area contributed by atoms with Crippen LogP contribution in [0.1, 0.15) is 96.1 Å². The third-order valence-electron chi connectivity index (χ3n) is 4.87. The smallest absolute Gasteiger partial charge is 0.309 e. The molecule has 0 saturated carbocycles. The summed E-state index contributed by atoms with van der Waals surface area (Å²) in [6, 6.07) is 8.45. The third kappa shape index (κ3) is 11.7. The standard InChI is InChI=1S/C23H41O3P/c1-4-7-8-9-10-11-12-13-14-15-16-22-17-19-23(20-18-22)21-27(24,25-5-2)26-6-3/h17-20H,4-16,21H2,1-3H3. The highest BCUT2D eigenvalue weighted by atomic mass is 31.2. The lowest BCUT2D eigenvalue weighted by Crippen LogP contribution is -1.99. The fraction of sp³-hybridized carbons (Fsp3) is 0.739. The van der Waals surface area contributed by atoms with Crippen molar-refractivity contribution in [2.75, 3.05) is 13.2 Å². The Bertz CT molecular complexity index is 503. The zero-order valence-electron chi connectivity index (χ0n) is 17.9. The molecule has 0 fully saturated rings. The van der Waals surface area contributed by atoms with E-state index >= 15 is 0 Å². The van der Waals surface area contributed by atoms with Crippen LogP contribution in [0, 0.1) is 0 Å². The van der Waals surface area contributed by atoms with Crippen LogP contribution in [-0.4, -0.2) is 13.2 Å². The van der Waals surface area contributed by atoms with Gasteiger partial charge in [-0.25, -0.2) is 0 Å². The van der Waals surface area contributed by atoms with Gasteiger partial charge in [0.15, 0.2) is 0 Å². The quantitative estimate of drug-likeness (QED) is 0.198. The largest absolute Gasteiger partial charge is 0.335 e. The maximum Gasteiger partial charge on any atom is 0.335 e. The van der Waals surface area contributed by atoms with Gasteiger partial charge in [-0.15, -0.1) is 0 Å². The summed E-state index contributed by atoms with van der Waals surface area (Å²) in [5.74, 6) is 0. The summed E-state index contributed by atoms with van der Waals surface area (Å²) in [6.07, 6.45) is 15.2. The minimum absolute atomic E-state index is 0.354. The first kappa shape index (κ1) is 24.4. The Morgan fingerprint density at radius 1 is 0.667 bits per heavy atom. The first-order valence-electron chi connectivity index (χ1n) is 11.1. The van der Waals surface area contributed by atoms with Crippen molar-refractivity contribution in [2.24, 2.45) is 0 Å². The van der Waals surface area contributed by atoms with Crippen LogP contribution < -0.4 is 0 Å². The Hall–Kier alpha value is -0.630. The number of hydrogen-bond acceptors (Lipinski definition) is 3. The van der Waals surface area contributed by atoms with E-state index < -0.39 is 7.60 Å². The second kappa shape index (κ2) is 15.3. The second-order valence-electron chi connectivity index (χ2n) is 7.35. The van der Waals surface area contributed by atoms with E-state index in [1.54, 1.807) is 0 Å². The first-order valence-corrected chi connectivity index (χ1v) is 12.8. The van der Waals surface area contributed by atoms with Crippen molar-refractivity contribution >= 4 is 7.60 Å². The van der Waals surface area contributed by atoms with Gasteiger partial charge < -0.3 is 9.05 Å². The highest BCUT2D eigenvalue weighted by molar-refractivity contribution is 7.53. The number of rotatable bonds is 17. The lowest BCUT2D eigenvalue weighted by atomic mass is 10.0. The van der Waals surface area contributed by atoms with Crippen molar-refractivity contribution in [2.45, 2.75) is 97.6 Å². The summed E-state index contributed by atoms with van der Waals surface area (Å²) < 4.78 is 23.3. The van der Waals surface area contributed by atoms with Gasteiger partial charge in [-0.1, -0.05) is 89.0 Å². The monoisotopic (exact) mass is 396 g/mol. The zero-order chi connectivity index (χ0) is 19.8. The Morgan fingerprint density at radius 2 is 1.11 bits per heavy atom. The van der Waals surface area contributed by atoms with Crippen LogP contribution in [0.4, 0.5) is 0 Å². The summed E-state index contributed by atoms with van der Waals surface area (Å²) in [5.41, 5.74) is 2.38. The minimum Gasteiger partial charge on any atom is -0.309 e. The Morgan fingerprint density at radius 3 is 1.59 bits per heavy atom. The predicted molar refractivity (Wildman–Crippen MR) is 117 cm³/mol. The molecule has 0 heterocycles. The van der Waals surface area contributed by atoms with E-state index in [0.717, 1.165) is 12.0 Å². The summed E-state index contributed by atoms with van der Waals surface area (Å²) in [5, 5.41) is 0. The molecule has 0 amide bonds. The average Bonchev–Trinajstić information content (AvgIpc) is 2.65. The Kier molecular flexibility index (Phi) is 13.8. The molecule has 0 aliphatic heterocycles. The van der Waals surface area contributed by atoms with Gasteiger partial charge in [-0.05, 0) is 37.8 Å². The molecule has 0 spiro atoms. The molecule has 0 bridgehead atoms. The maximum atomic E-state index is 12.6. The van der Waals surface area contributed by atoms with Crippen molar-refractivity contribution in [1.82, 2.24) is 0 Å². The van der Waals surface area contributed by atoms with E-state index in [-0.39, 0.29) is 0 Å². The number of benzene rings is 1. The average molecular weight is 397 g/mol. The van der Waals surface area contributed by atoms with Gasteiger partial charge in [-0.2, -0.15) is 0 Å². The van der Waals surface area contributed by atoms with Crippen LogP contribution in [-0.2, 0) is 26.2 Å². The zero-order valence-corrected chi connectivity index (χ0v) is 18.8. The molecule has 0 atom stereocenters. The van der Waals surface area contributed by atoms with Gasteiger partial charge in [-0.3, -0.25) is 4.57 Å². The molecule has 0 aliphatic rings. The fourth-order valence-electron chi connectivity index (χ4n) is 3.37. The molecule has 156 valence electrons. The van der Waals surface area contributed by atoms with Crippen LogP contribution in [0.3, 0.4) is 0 Å². The van der Waals surface area contributed by atoms with E-state index in [9.17, 15) is 4.57 Å². The molecule has 0 N–H and O–H groups in total. The molecular weight excluding hydrogens is 355 g/mol. The van der Waals surface area contributed by atoms with Crippen molar-refractivity contribution in [3.63, 3.8) is 0 Å². The van der Waals surface area contributed by atoms with Crippen LogP contribution in [0.5, 0.6) is 0 Å². The molecular formula is C23H41O3P. The molecule has 1 aromatic carbocycles. The maximum absolute atomic E-state index is 12.6. The first-order chi connectivity index (χ1) is 13.1. The van der Waals surface area contributed by atoms with E-state index in [2.05, 4.69) is 31.2 Å². The van der Waals surface area contributed by atoms with Crippen molar-refractivity contribution in [3.05, 3.63) is 35.4 Å². The van der Waals surface area contributed by atoms with E-state index in [1.807, 2.05) is 13.8 Å². The van der Waals surface area contributed by atoms with Gasteiger partial charge in [0.2, 0.25) is 0 Å². The van der Waals surface area contributed by atoms with Gasteiger partial charge in [0.1, 0.15) is 0 Å². The summed E-state index contributed by atoms with van der Waals surface area (Å²) in [7, 11) is -3.00. The third-order valence-corrected chi connectivity index (χ3v) is 6.93. The van der Waals surface area contributed by atoms with E-state index in [0.29, 0.717) is 19.4 Å². The van der Waals surface area contributed by atoms with Gasteiger partial charge in [0.05, 0.1) is 19.4 Å². The fourth-order valence-corrected chi connectivity index (χ4v) is 5.08. The Labute approximate surface area is 167 Å². The van der Waals surface area contributed by atoms with Gasteiger partial charge in [0.25, 0.3) is 0 Å². The number of unbranched alkanes of at least 4 members (excludes halogenated alkanes) is 9. The van der Waals surface area contributed by atoms with Gasteiger partial charge in [0, 0.05) is 0 Å². The molecule has 0 aliphatic carbocycles. The SMILES string of the molecule is CCCCCCCCCCCCc1ccc(CP(=O)(OCC)OCC)cc1. The number of aryl methyl sites for hydroxylation is 1. The van der Waals surface area contributed by atoms with Crippen molar-refractivity contribution in [1.29, 1.82) is 0 Å². The molecule has 3 nitrogen and oxygen atoms in total. The number of hydrogen-bond donors (Lipinski definition) is 0. The molecule has 0 unspecified atom stereocenters. The summed E-state index contributed by atoms with van der Waals surface area (Å²) in [6.45, 7) is 6.79. The molecule has 27 heavy (non-hydrogen) atoms. The second-order valence-corrected chi connectivity index (χ2v) is 9.41. The van der Waals surface area contributed by atoms with Crippen molar-refractivity contribution < 1.29 is 13.6 Å². The van der Waals surface area contributed by atoms with Crippen molar-refractivity contribution in [3.8, 4) is 0 Å². The van der Waals surface area contributed by atoms with E-state index in [4.69, 9.17) is 9.05 Å². The highest BCUT2D eigenvalue weighted by Crippen LogP contribution is 2.51. The lowest BCUT2D eigenvalue weighted by molar-refractivity contribution is 0.219. The van der Waals surface area contributed by atoms with E-state index in [1.165, 1.54) is 69.8 Å². The summed E-state index contributed by atoms with van der Waals surface area (Å²) in [4.78, 5) is 0. The van der Waals surface area contributed by atoms with Crippen LogP contribution in [0.25, 0.3) is 0 Å². The molecule has 0 aromatic heterocycles. The van der Waals surface area contributed by atoms with Gasteiger partial charge >= 0.3 is 7.60 Å². The molecule has 4 heteroatoms.